The summed E-state index contributed by atoms with van der Waals surface area (Å²) in [5.41, 5.74) is 0.198. The first-order valence-corrected chi connectivity index (χ1v) is 6.12. The minimum Gasteiger partial charge on any atom is -0.291 e. The van der Waals surface area contributed by atoms with Crippen molar-refractivity contribution in [3.63, 3.8) is 0 Å². The van der Waals surface area contributed by atoms with Crippen LogP contribution < -0.4 is 0 Å². The van der Waals surface area contributed by atoms with Crippen LogP contribution in [0.15, 0.2) is 4.99 Å². The van der Waals surface area contributed by atoms with Crippen LogP contribution in [0.4, 0.5) is 0 Å². The maximum absolute atomic E-state index is 4.56. The van der Waals surface area contributed by atoms with Gasteiger partial charge in [0.15, 0.2) is 0 Å². The van der Waals surface area contributed by atoms with Gasteiger partial charge in [0.2, 0.25) is 0 Å². The standard InChI is InChI=1S/C13H25N/c1-5-7-11(6-2)12-8-9-14-13(3,4)10-12/h9,11-12H,5-8,10H2,1-4H3. The average molecular weight is 195 g/mol. The van der Waals surface area contributed by atoms with Crippen LogP contribution >= 0.6 is 0 Å². The lowest BCUT2D eigenvalue weighted by Gasteiger charge is -2.34. The molecule has 0 bridgehead atoms. The van der Waals surface area contributed by atoms with Crippen molar-refractivity contribution in [3.05, 3.63) is 0 Å². The molecule has 1 heterocycles. The maximum Gasteiger partial charge on any atom is 0.0551 e. The van der Waals surface area contributed by atoms with Gasteiger partial charge in [0.25, 0.3) is 0 Å². The van der Waals surface area contributed by atoms with Crippen molar-refractivity contribution in [1.82, 2.24) is 0 Å². The van der Waals surface area contributed by atoms with E-state index in [9.17, 15) is 0 Å². The summed E-state index contributed by atoms with van der Waals surface area (Å²) >= 11 is 0. The third-order valence-corrected chi connectivity index (χ3v) is 3.46. The molecule has 0 fully saturated rings. The molecule has 2 atom stereocenters. The summed E-state index contributed by atoms with van der Waals surface area (Å²) < 4.78 is 0. The molecule has 0 radical (unpaired) electrons. The normalized spacial score (nSPS) is 27.6. The number of hydrogen-bond acceptors (Lipinski definition) is 1. The Morgan fingerprint density at radius 2 is 2.14 bits per heavy atom. The summed E-state index contributed by atoms with van der Waals surface area (Å²) in [5.74, 6) is 1.80. The zero-order chi connectivity index (χ0) is 10.6. The Bertz CT molecular complexity index is 193. The smallest absolute Gasteiger partial charge is 0.0551 e. The van der Waals surface area contributed by atoms with Gasteiger partial charge in [-0.05, 0) is 44.7 Å². The number of rotatable bonds is 4. The Morgan fingerprint density at radius 1 is 1.43 bits per heavy atom. The van der Waals surface area contributed by atoms with Crippen LogP contribution in [-0.4, -0.2) is 11.8 Å². The van der Waals surface area contributed by atoms with E-state index in [2.05, 4.69) is 38.9 Å². The summed E-state index contributed by atoms with van der Waals surface area (Å²) in [5, 5.41) is 0. The van der Waals surface area contributed by atoms with Crippen molar-refractivity contribution < 1.29 is 0 Å². The molecular formula is C13H25N. The Labute approximate surface area is 89.0 Å². The molecule has 0 saturated heterocycles. The van der Waals surface area contributed by atoms with Crippen molar-refractivity contribution in [1.29, 1.82) is 0 Å². The van der Waals surface area contributed by atoms with E-state index in [0.717, 1.165) is 11.8 Å². The molecule has 0 aliphatic carbocycles. The highest BCUT2D eigenvalue weighted by Gasteiger charge is 2.29. The molecule has 0 aromatic rings. The average Bonchev–Trinajstić information content (AvgIpc) is 2.12. The summed E-state index contributed by atoms with van der Waals surface area (Å²) in [6.45, 7) is 9.15. The van der Waals surface area contributed by atoms with Crippen LogP contribution in [0.2, 0.25) is 0 Å². The highest BCUT2D eigenvalue weighted by Crippen LogP contribution is 2.34. The molecule has 1 aliphatic heterocycles. The van der Waals surface area contributed by atoms with Gasteiger partial charge in [0, 0.05) is 0 Å². The zero-order valence-electron chi connectivity index (χ0n) is 10.2. The molecule has 0 spiro atoms. The highest BCUT2D eigenvalue weighted by atomic mass is 14.8. The van der Waals surface area contributed by atoms with Gasteiger partial charge in [0.05, 0.1) is 5.54 Å². The monoisotopic (exact) mass is 195 g/mol. The first-order chi connectivity index (χ1) is 6.59. The Morgan fingerprint density at radius 3 is 2.64 bits per heavy atom. The zero-order valence-corrected chi connectivity index (χ0v) is 10.2. The van der Waals surface area contributed by atoms with Crippen molar-refractivity contribution in [3.8, 4) is 0 Å². The lowest BCUT2D eigenvalue weighted by Crippen LogP contribution is -2.30. The van der Waals surface area contributed by atoms with Gasteiger partial charge in [0.1, 0.15) is 0 Å². The summed E-state index contributed by atoms with van der Waals surface area (Å²) in [7, 11) is 0. The Hall–Kier alpha value is -0.330. The molecule has 0 saturated carbocycles. The first kappa shape index (κ1) is 11.7. The van der Waals surface area contributed by atoms with E-state index in [0.29, 0.717) is 0 Å². The summed E-state index contributed by atoms with van der Waals surface area (Å²) in [6.07, 6.45) is 8.70. The van der Waals surface area contributed by atoms with E-state index in [-0.39, 0.29) is 5.54 Å². The SMILES string of the molecule is CCCC(CC)C1CC=NC(C)(C)C1. The quantitative estimate of drug-likeness (QED) is 0.641. The van der Waals surface area contributed by atoms with Crippen LogP contribution in [-0.2, 0) is 0 Å². The Balaban J connectivity index is 2.56. The van der Waals surface area contributed by atoms with Crippen LogP contribution in [0.3, 0.4) is 0 Å². The second kappa shape index (κ2) is 4.95. The minimum atomic E-state index is 0.198. The first-order valence-electron chi connectivity index (χ1n) is 6.12. The molecule has 14 heavy (non-hydrogen) atoms. The number of nitrogens with zero attached hydrogens (tertiary/aromatic N) is 1. The fourth-order valence-electron chi connectivity index (χ4n) is 2.72. The predicted octanol–water partition coefficient (Wildman–Crippen LogP) is 4.07. The molecule has 0 aromatic carbocycles. The molecule has 1 rings (SSSR count). The lowest BCUT2D eigenvalue weighted by molar-refractivity contribution is 0.238. The topological polar surface area (TPSA) is 12.4 Å². The van der Waals surface area contributed by atoms with Crippen LogP contribution in [0.5, 0.6) is 0 Å². The molecule has 1 aliphatic rings. The number of aliphatic imine (C=N–C) groups is 1. The van der Waals surface area contributed by atoms with Gasteiger partial charge in [-0.3, -0.25) is 4.99 Å². The van der Waals surface area contributed by atoms with Gasteiger partial charge >= 0.3 is 0 Å². The summed E-state index contributed by atoms with van der Waals surface area (Å²) in [6, 6.07) is 0. The molecule has 0 aromatic heterocycles. The molecule has 0 N–H and O–H groups in total. The third-order valence-electron chi connectivity index (χ3n) is 3.46. The largest absolute Gasteiger partial charge is 0.291 e. The fraction of sp³-hybridized carbons (Fsp3) is 0.923. The van der Waals surface area contributed by atoms with Crippen LogP contribution in [0, 0.1) is 11.8 Å². The van der Waals surface area contributed by atoms with E-state index in [4.69, 9.17) is 0 Å². The third kappa shape index (κ3) is 3.11. The summed E-state index contributed by atoms with van der Waals surface area (Å²) in [4.78, 5) is 4.56. The lowest BCUT2D eigenvalue weighted by atomic mass is 9.76. The van der Waals surface area contributed by atoms with E-state index >= 15 is 0 Å². The minimum absolute atomic E-state index is 0.198. The van der Waals surface area contributed by atoms with Crippen molar-refractivity contribution in [2.45, 2.75) is 65.3 Å². The van der Waals surface area contributed by atoms with Crippen LogP contribution in [0.1, 0.15) is 59.8 Å². The van der Waals surface area contributed by atoms with Crippen molar-refractivity contribution in [2.24, 2.45) is 16.8 Å². The highest BCUT2D eigenvalue weighted by molar-refractivity contribution is 5.59. The van der Waals surface area contributed by atoms with Gasteiger partial charge in [-0.1, -0.05) is 33.1 Å². The van der Waals surface area contributed by atoms with E-state index < -0.39 is 0 Å². The molecule has 0 amide bonds. The van der Waals surface area contributed by atoms with Gasteiger partial charge in [-0.2, -0.15) is 0 Å². The van der Waals surface area contributed by atoms with E-state index in [1.807, 2.05) is 0 Å². The molecular weight excluding hydrogens is 170 g/mol. The van der Waals surface area contributed by atoms with E-state index in [1.165, 1.54) is 32.1 Å². The number of hydrogen-bond donors (Lipinski definition) is 0. The second-order valence-corrected chi connectivity index (χ2v) is 5.28. The molecule has 2 unspecified atom stereocenters. The Kier molecular flexibility index (Phi) is 4.15. The molecule has 1 nitrogen and oxygen atoms in total. The van der Waals surface area contributed by atoms with Gasteiger partial charge in [-0.25, -0.2) is 0 Å². The van der Waals surface area contributed by atoms with Crippen molar-refractivity contribution >= 4 is 6.21 Å². The van der Waals surface area contributed by atoms with Gasteiger partial charge < -0.3 is 0 Å². The fourth-order valence-corrected chi connectivity index (χ4v) is 2.72. The molecule has 1 heteroatoms. The predicted molar refractivity (Wildman–Crippen MR) is 64.0 cm³/mol. The van der Waals surface area contributed by atoms with Gasteiger partial charge in [-0.15, -0.1) is 0 Å². The van der Waals surface area contributed by atoms with Crippen molar-refractivity contribution in [2.75, 3.05) is 0 Å². The van der Waals surface area contributed by atoms with E-state index in [1.54, 1.807) is 0 Å². The molecule has 82 valence electrons. The van der Waals surface area contributed by atoms with Crippen LogP contribution in [0.25, 0.3) is 0 Å². The second-order valence-electron chi connectivity index (χ2n) is 5.28. The maximum atomic E-state index is 4.56.